The summed E-state index contributed by atoms with van der Waals surface area (Å²) < 4.78 is 6.77. The van der Waals surface area contributed by atoms with Crippen LogP contribution in [0.3, 0.4) is 0 Å². The predicted molar refractivity (Wildman–Crippen MR) is 82.5 cm³/mol. The van der Waals surface area contributed by atoms with Crippen LogP contribution in [0.2, 0.25) is 0 Å². The zero-order chi connectivity index (χ0) is 17.3. The van der Waals surface area contributed by atoms with Crippen molar-refractivity contribution < 1.29 is 19.4 Å². The SMILES string of the molecule is Cc1nc2ncnn2c(C)c1CCC(=O)NC1(C(=O)O)CCOC1. The van der Waals surface area contributed by atoms with E-state index in [1.165, 1.54) is 6.33 Å². The van der Waals surface area contributed by atoms with Gasteiger partial charge in [0.15, 0.2) is 5.54 Å². The Labute approximate surface area is 138 Å². The highest BCUT2D eigenvalue weighted by molar-refractivity contribution is 5.87. The van der Waals surface area contributed by atoms with Crippen molar-refractivity contribution in [1.82, 2.24) is 24.9 Å². The van der Waals surface area contributed by atoms with E-state index in [1.54, 1.807) is 4.52 Å². The number of nitrogens with one attached hydrogen (secondary N) is 1. The van der Waals surface area contributed by atoms with Crippen molar-refractivity contribution in [3.05, 3.63) is 23.3 Å². The molecular formula is C15H19N5O4. The third-order valence-electron chi connectivity index (χ3n) is 4.40. The van der Waals surface area contributed by atoms with E-state index in [0.29, 0.717) is 18.8 Å². The Hall–Kier alpha value is -2.55. The third kappa shape index (κ3) is 2.82. The second-order valence-electron chi connectivity index (χ2n) is 5.97. The Bertz CT molecular complexity index is 795. The monoisotopic (exact) mass is 333 g/mol. The minimum absolute atomic E-state index is 0.00139. The van der Waals surface area contributed by atoms with Gasteiger partial charge in [-0.3, -0.25) is 4.79 Å². The third-order valence-corrected chi connectivity index (χ3v) is 4.40. The number of ether oxygens (including phenoxy) is 1. The van der Waals surface area contributed by atoms with Crippen LogP contribution in [-0.2, 0) is 20.7 Å². The lowest BCUT2D eigenvalue weighted by Gasteiger charge is -2.23. The Morgan fingerprint density at radius 2 is 2.25 bits per heavy atom. The molecule has 1 aliphatic rings. The normalized spacial score (nSPS) is 20.4. The van der Waals surface area contributed by atoms with Gasteiger partial charge in [-0.2, -0.15) is 10.1 Å². The number of aromatic nitrogens is 4. The summed E-state index contributed by atoms with van der Waals surface area (Å²) in [7, 11) is 0. The molecule has 0 aromatic carbocycles. The van der Waals surface area contributed by atoms with E-state index in [9.17, 15) is 14.7 Å². The number of hydrogen-bond donors (Lipinski definition) is 2. The molecule has 1 amide bonds. The molecule has 2 aromatic heterocycles. The second kappa shape index (κ2) is 6.16. The first-order chi connectivity index (χ1) is 11.4. The van der Waals surface area contributed by atoms with Crippen LogP contribution in [0.25, 0.3) is 5.78 Å². The highest BCUT2D eigenvalue weighted by atomic mass is 16.5. The van der Waals surface area contributed by atoms with Crippen LogP contribution in [0.15, 0.2) is 6.33 Å². The van der Waals surface area contributed by atoms with Crippen LogP contribution in [0.5, 0.6) is 0 Å². The number of hydrogen-bond acceptors (Lipinski definition) is 6. The Kier molecular flexibility index (Phi) is 4.18. The lowest BCUT2D eigenvalue weighted by molar-refractivity contribution is -0.147. The Morgan fingerprint density at radius 3 is 2.92 bits per heavy atom. The van der Waals surface area contributed by atoms with Gasteiger partial charge in [0.1, 0.15) is 6.33 Å². The summed E-state index contributed by atoms with van der Waals surface area (Å²) in [5.74, 6) is -0.863. The number of nitrogens with zero attached hydrogens (tertiary/aromatic N) is 4. The van der Waals surface area contributed by atoms with Crippen LogP contribution < -0.4 is 5.32 Å². The Morgan fingerprint density at radius 1 is 1.46 bits per heavy atom. The van der Waals surface area contributed by atoms with E-state index in [1.807, 2.05) is 13.8 Å². The van der Waals surface area contributed by atoms with Crippen molar-refractivity contribution in [2.75, 3.05) is 13.2 Å². The predicted octanol–water partition coefficient (Wildman–Crippen LogP) is 0.0336. The first-order valence-electron chi connectivity index (χ1n) is 7.71. The van der Waals surface area contributed by atoms with Gasteiger partial charge in [0.2, 0.25) is 5.91 Å². The maximum Gasteiger partial charge on any atom is 0.331 e. The summed E-state index contributed by atoms with van der Waals surface area (Å²) in [6.07, 6.45) is 2.32. The summed E-state index contributed by atoms with van der Waals surface area (Å²) in [4.78, 5) is 32.1. The fourth-order valence-electron chi connectivity index (χ4n) is 2.97. The molecule has 24 heavy (non-hydrogen) atoms. The Balaban J connectivity index is 1.71. The van der Waals surface area contributed by atoms with Gasteiger partial charge in [0.05, 0.1) is 6.61 Å². The minimum atomic E-state index is -1.31. The van der Waals surface area contributed by atoms with E-state index >= 15 is 0 Å². The molecule has 1 aliphatic heterocycles. The largest absolute Gasteiger partial charge is 0.479 e. The number of carboxylic acids is 1. The van der Waals surface area contributed by atoms with E-state index in [2.05, 4.69) is 20.4 Å². The lowest BCUT2D eigenvalue weighted by Crippen LogP contribution is -2.55. The molecular weight excluding hydrogens is 314 g/mol. The first-order valence-corrected chi connectivity index (χ1v) is 7.71. The number of aliphatic carboxylic acids is 1. The molecule has 9 heteroatoms. The maximum absolute atomic E-state index is 12.2. The average molecular weight is 333 g/mol. The highest BCUT2D eigenvalue weighted by Gasteiger charge is 2.43. The second-order valence-corrected chi connectivity index (χ2v) is 5.97. The highest BCUT2D eigenvalue weighted by Crippen LogP contribution is 2.20. The summed E-state index contributed by atoms with van der Waals surface area (Å²) in [6.45, 7) is 4.09. The van der Waals surface area contributed by atoms with Crippen LogP contribution in [-0.4, -0.2) is 55.3 Å². The number of carboxylic acid groups (broad SMARTS) is 1. The van der Waals surface area contributed by atoms with Crippen LogP contribution in [0.4, 0.5) is 0 Å². The lowest BCUT2D eigenvalue weighted by atomic mass is 9.98. The summed E-state index contributed by atoms with van der Waals surface area (Å²) in [5, 5.41) is 16.1. The zero-order valence-corrected chi connectivity index (χ0v) is 13.6. The van der Waals surface area contributed by atoms with Crippen molar-refractivity contribution in [1.29, 1.82) is 0 Å². The van der Waals surface area contributed by atoms with Crippen molar-refractivity contribution >= 4 is 17.7 Å². The van der Waals surface area contributed by atoms with Gasteiger partial charge in [0.25, 0.3) is 5.78 Å². The number of amides is 1. The fourth-order valence-corrected chi connectivity index (χ4v) is 2.97. The zero-order valence-electron chi connectivity index (χ0n) is 13.6. The van der Waals surface area contributed by atoms with Crippen LogP contribution in [0, 0.1) is 13.8 Å². The maximum atomic E-state index is 12.2. The van der Waals surface area contributed by atoms with Gasteiger partial charge in [-0.25, -0.2) is 14.3 Å². The molecule has 0 spiro atoms. The number of aryl methyl sites for hydroxylation is 2. The quantitative estimate of drug-likeness (QED) is 0.792. The van der Waals surface area contributed by atoms with Gasteiger partial charge in [-0.15, -0.1) is 0 Å². The number of rotatable bonds is 5. The molecule has 1 unspecified atom stereocenters. The van der Waals surface area contributed by atoms with Crippen LogP contribution in [0.1, 0.15) is 29.8 Å². The fraction of sp³-hybridized carbons (Fsp3) is 0.533. The van der Waals surface area contributed by atoms with Gasteiger partial charge >= 0.3 is 5.97 Å². The molecule has 0 radical (unpaired) electrons. The molecule has 1 atom stereocenters. The van der Waals surface area contributed by atoms with Crippen molar-refractivity contribution in [2.45, 2.75) is 38.6 Å². The van der Waals surface area contributed by atoms with Crippen molar-refractivity contribution in [3.8, 4) is 0 Å². The molecule has 1 fully saturated rings. The molecule has 0 aliphatic carbocycles. The topological polar surface area (TPSA) is 119 Å². The van der Waals surface area contributed by atoms with E-state index in [-0.39, 0.29) is 25.4 Å². The molecule has 0 saturated carbocycles. The average Bonchev–Trinajstić information content (AvgIpc) is 3.16. The van der Waals surface area contributed by atoms with Gasteiger partial charge in [-0.05, 0) is 25.8 Å². The summed E-state index contributed by atoms with van der Waals surface area (Å²) >= 11 is 0. The number of carbonyl (C=O) groups excluding carboxylic acids is 1. The molecule has 128 valence electrons. The van der Waals surface area contributed by atoms with Gasteiger partial charge < -0.3 is 15.2 Å². The van der Waals surface area contributed by atoms with Crippen LogP contribution >= 0.6 is 0 Å². The molecule has 9 nitrogen and oxygen atoms in total. The molecule has 3 heterocycles. The molecule has 2 aromatic rings. The molecule has 2 N–H and O–H groups in total. The van der Waals surface area contributed by atoms with E-state index in [0.717, 1.165) is 17.0 Å². The number of carbonyl (C=O) groups is 2. The van der Waals surface area contributed by atoms with Crippen molar-refractivity contribution in [3.63, 3.8) is 0 Å². The molecule has 1 saturated heterocycles. The number of fused-ring (bicyclic) bond motifs is 1. The van der Waals surface area contributed by atoms with Gasteiger partial charge in [-0.1, -0.05) is 0 Å². The summed E-state index contributed by atoms with van der Waals surface area (Å²) in [6, 6.07) is 0. The van der Waals surface area contributed by atoms with E-state index < -0.39 is 11.5 Å². The minimum Gasteiger partial charge on any atom is -0.479 e. The summed E-state index contributed by atoms with van der Waals surface area (Å²) in [5.41, 5.74) is 1.27. The van der Waals surface area contributed by atoms with Gasteiger partial charge in [0, 0.05) is 30.8 Å². The van der Waals surface area contributed by atoms with Crippen molar-refractivity contribution in [2.24, 2.45) is 0 Å². The van der Waals surface area contributed by atoms with E-state index in [4.69, 9.17) is 4.74 Å². The standard InChI is InChI=1S/C15H19N5O4/c1-9-11(10(2)20-14(18-9)16-8-17-20)3-4-12(21)19-15(13(22)23)5-6-24-7-15/h8H,3-7H2,1-2H3,(H,19,21)(H,22,23). The first kappa shape index (κ1) is 16.3. The molecule has 0 bridgehead atoms. The smallest absolute Gasteiger partial charge is 0.331 e. The molecule has 3 rings (SSSR count).